The van der Waals surface area contributed by atoms with Gasteiger partial charge in [-0.25, -0.2) is 4.68 Å². The number of hydrogen-bond acceptors (Lipinski definition) is 5. The number of likely N-dealkylation sites (N-methyl/N-ethyl adjacent to an activating group) is 1. The summed E-state index contributed by atoms with van der Waals surface area (Å²) in [6.07, 6.45) is 0.977. The van der Waals surface area contributed by atoms with E-state index < -0.39 is 0 Å². The highest BCUT2D eigenvalue weighted by Crippen LogP contribution is 2.26. The predicted octanol–water partition coefficient (Wildman–Crippen LogP) is 1.42. The highest BCUT2D eigenvalue weighted by molar-refractivity contribution is 5.93. The lowest BCUT2D eigenvalue weighted by Crippen LogP contribution is -2.47. The van der Waals surface area contributed by atoms with Crippen LogP contribution in [0.1, 0.15) is 34.2 Å². The second kappa shape index (κ2) is 6.81. The Morgan fingerprint density at radius 2 is 2.15 bits per heavy atom. The number of carbonyl (C=O) groups excluding carboxylic acids is 1. The highest BCUT2D eigenvalue weighted by Gasteiger charge is 2.29. The third-order valence-corrected chi connectivity index (χ3v) is 5.39. The lowest BCUT2D eigenvalue weighted by Gasteiger charge is -2.32. The maximum atomic E-state index is 13.0. The van der Waals surface area contributed by atoms with Crippen LogP contribution in [0.2, 0.25) is 0 Å². The van der Waals surface area contributed by atoms with Gasteiger partial charge in [0.2, 0.25) is 0 Å². The van der Waals surface area contributed by atoms with Crippen LogP contribution < -0.4 is 0 Å². The van der Waals surface area contributed by atoms with E-state index in [1.54, 1.807) is 0 Å². The largest absolute Gasteiger partial charge is 0.377 e. The second-order valence-corrected chi connectivity index (χ2v) is 7.26. The number of aromatic nitrogens is 3. The van der Waals surface area contributed by atoms with E-state index in [0.717, 1.165) is 30.9 Å². The fraction of sp³-hybridized carbons (Fsp3) is 0.526. The zero-order valence-corrected chi connectivity index (χ0v) is 15.6. The first kappa shape index (κ1) is 17.2. The average Bonchev–Trinajstić information content (AvgIpc) is 3.02. The third-order valence-electron chi connectivity index (χ3n) is 5.39. The standard InChI is InChI=1S/C19H25N5O2/c1-13-12-26-10-9-23(13)19(25)18-14(2)24(21-20-18)17-6-4-5-15-11-22(3)8-7-16(15)17/h4-6,13H,7-12H2,1-3H3. The van der Waals surface area contributed by atoms with E-state index in [1.807, 2.05) is 23.4 Å². The smallest absolute Gasteiger partial charge is 0.276 e. The van der Waals surface area contributed by atoms with Crippen molar-refractivity contribution < 1.29 is 9.53 Å². The molecule has 2 aromatic rings. The van der Waals surface area contributed by atoms with Crippen molar-refractivity contribution in [2.45, 2.75) is 32.9 Å². The maximum Gasteiger partial charge on any atom is 0.276 e. The summed E-state index contributed by atoms with van der Waals surface area (Å²) in [7, 11) is 2.14. The molecule has 0 spiro atoms. The maximum absolute atomic E-state index is 13.0. The van der Waals surface area contributed by atoms with Gasteiger partial charge in [0.05, 0.1) is 30.6 Å². The lowest BCUT2D eigenvalue weighted by atomic mass is 9.98. The summed E-state index contributed by atoms with van der Waals surface area (Å²) in [5.41, 5.74) is 4.89. The van der Waals surface area contributed by atoms with Crippen LogP contribution in [0, 0.1) is 6.92 Å². The number of hydrogen-bond donors (Lipinski definition) is 0. The highest BCUT2D eigenvalue weighted by atomic mass is 16.5. The Morgan fingerprint density at radius 1 is 1.31 bits per heavy atom. The van der Waals surface area contributed by atoms with Gasteiger partial charge in [0.25, 0.3) is 5.91 Å². The van der Waals surface area contributed by atoms with Crippen LogP contribution in [-0.2, 0) is 17.7 Å². The second-order valence-electron chi connectivity index (χ2n) is 7.26. The van der Waals surface area contributed by atoms with Crippen molar-refractivity contribution in [2.24, 2.45) is 0 Å². The summed E-state index contributed by atoms with van der Waals surface area (Å²) in [6.45, 7) is 7.62. The normalized spacial score (nSPS) is 20.9. The van der Waals surface area contributed by atoms with E-state index in [4.69, 9.17) is 4.74 Å². The molecule has 2 aliphatic rings. The van der Waals surface area contributed by atoms with Crippen molar-refractivity contribution in [3.63, 3.8) is 0 Å². The van der Waals surface area contributed by atoms with Gasteiger partial charge in [0.1, 0.15) is 0 Å². The molecule has 1 saturated heterocycles. The lowest BCUT2D eigenvalue weighted by molar-refractivity contribution is 0.00322. The van der Waals surface area contributed by atoms with E-state index in [9.17, 15) is 4.79 Å². The van der Waals surface area contributed by atoms with E-state index in [1.165, 1.54) is 11.1 Å². The average molecular weight is 355 g/mol. The first-order valence-electron chi connectivity index (χ1n) is 9.17. The van der Waals surface area contributed by atoms with Gasteiger partial charge in [-0.2, -0.15) is 0 Å². The van der Waals surface area contributed by atoms with Gasteiger partial charge in [-0.3, -0.25) is 4.79 Å². The van der Waals surface area contributed by atoms with Crippen LogP contribution >= 0.6 is 0 Å². The molecule has 26 heavy (non-hydrogen) atoms. The molecule has 1 amide bonds. The number of nitrogens with zero attached hydrogens (tertiary/aromatic N) is 5. The summed E-state index contributed by atoms with van der Waals surface area (Å²) >= 11 is 0. The van der Waals surface area contributed by atoms with Gasteiger partial charge in [-0.05, 0) is 44.5 Å². The van der Waals surface area contributed by atoms with Crippen LogP contribution in [0.5, 0.6) is 0 Å². The van der Waals surface area contributed by atoms with Crippen molar-refractivity contribution in [3.05, 3.63) is 40.7 Å². The molecule has 1 aromatic carbocycles. The Labute approximate surface area is 153 Å². The Hall–Kier alpha value is -2.25. The number of ether oxygens (including phenoxy) is 1. The number of morpholine rings is 1. The van der Waals surface area contributed by atoms with E-state index in [-0.39, 0.29) is 11.9 Å². The molecule has 4 rings (SSSR count). The molecule has 0 saturated carbocycles. The number of benzene rings is 1. The van der Waals surface area contributed by atoms with Gasteiger partial charge in [-0.1, -0.05) is 17.3 Å². The summed E-state index contributed by atoms with van der Waals surface area (Å²) in [6, 6.07) is 6.35. The number of carbonyl (C=O) groups is 1. The van der Waals surface area contributed by atoms with Crippen molar-refractivity contribution in [2.75, 3.05) is 33.4 Å². The molecule has 3 heterocycles. The fourth-order valence-corrected chi connectivity index (χ4v) is 3.85. The van der Waals surface area contributed by atoms with Crippen LogP contribution in [-0.4, -0.2) is 70.1 Å². The predicted molar refractivity (Wildman–Crippen MR) is 97.5 cm³/mol. The molecule has 0 N–H and O–H groups in total. The molecule has 7 heteroatoms. The molecule has 1 unspecified atom stereocenters. The molecule has 138 valence electrons. The minimum atomic E-state index is -0.0610. The molecule has 7 nitrogen and oxygen atoms in total. The molecule has 2 aliphatic heterocycles. The number of rotatable bonds is 2. The molecular weight excluding hydrogens is 330 g/mol. The minimum Gasteiger partial charge on any atom is -0.377 e. The van der Waals surface area contributed by atoms with E-state index in [2.05, 4.69) is 40.5 Å². The zero-order chi connectivity index (χ0) is 18.3. The molecule has 0 radical (unpaired) electrons. The summed E-state index contributed by atoms with van der Waals surface area (Å²) in [4.78, 5) is 17.1. The fourth-order valence-electron chi connectivity index (χ4n) is 3.85. The van der Waals surface area contributed by atoms with E-state index >= 15 is 0 Å². The van der Waals surface area contributed by atoms with Crippen molar-refractivity contribution in [1.29, 1.82) is 0 Å². The molecular formula is C19H25N5O2. The van der Waals surface area contributed by atoms with Crippen LogP contribution in [0.25, 0.3) is 5.69 Å². The van der Waals surface area contributed by atoms with Crippen molar-refractivity contribution in [1.82, 2.24) is 24.8 Å². The van der Waals surface area contributed by atoms with Crippen molar-refractivity contribution in [3.8, 4) is 5.69 Å². The topological polar surface area (TPSA) is 63.5 Å². The monoisotopic (exact) mass is 355 g/mol. The summed E-state index contributed by atoms with van der Waals surface area (Å²) in [5, 5.41) is 8.56. The first-order chi connectivity index (χ1) is 12.6. The SMILES string of the molecule is Cc1c(C(=O)N2CCOCC2C)nnn1-c1cccc2c1CCN(C)C2. The third kappa shape index (κ3) is 2.91. The van der Waals surface area contributed by atoms with Gasteiger partial charge in [-0.15, -0.1) is 5.10 Å². The molecule has 1 fully saturated rings. The molecule has 0 aliphatic carbocycles. The van der Waals surface area contributed by atoms with E-state index in [0.29, 0.717) is 25.5 Å². The molecule has 1 aromatic heterocycles. The Kier molecular flexibility index (Phi) is 4.50. The molecule has 1 atom stereocenters. The van der Waals surface area contributed by atoms with Gasteiger partial charge >= 0.3 is 0 Å². The van der Waals surface area contributed by atoms with Gasteiger partial charge in [0, 0.05) is 19.6 Å². The number of fused-ring (bicyclic) bond motifs is 1. The Bertz CT molecular complexity index is 831. The Morgan fingerprint density at radius 3 is 2.96 bits per heavy atom. The summed E-state index contributed by atoms with van der Waals surface area (Å²) < 4.78 is 7.26. The van der Waals surface area contributed by atoms with Gasteiger partial charge in [0.15, 0.2) is 5.69 Å². The minimum absolute atomic E-state index is 0.0563. The van der Waals surface area contributed by atoms with Crippen LogP contribution in [0.4, 0.5) is 0 Å². The Balaban J connectivity index is 1.68. The number of amides is 1. The van der Waals surface area contributed by atoms with Crippen LogP contribution in [0.3, 0.4) is 0 Å². The van der Waals surface area contributed by atoms with Crippen molar-refractivity contribution >= 4 is 5.91 Å². The quantitative estimate of drug-likeness (QED) is 0.815. The van der Waals surface area contributed by atoms with Gasteiger partial charge < -0.3 is 14.5 Å². The zero-order valence-electron chi connectivity index (χ0n) is 15.6. The molecule has 0 bridgehead atoms. The first-order valence-corrected chi connectivity index (χ1v) is 9.17. The van der Waals surface area contributed by atoms with Crippen LogP contribution in [0.15, 0.2) is 18.2 Å². The summed E-state index contributed by atoms with van der Waals surface area (Å²) in [5.74, 6) is -0.0610.